The Hall–Kier alpha value is -1.20. The van der Waals surface area contributed by atoms with Crippen LogP contribution < -0.4 is 10.2 Å². The lowest BCUT2D eigenvalue weighted by Gasteiger charge is -2.24. The SMILES string of the molecule is CC(C)NCc1cncc(N(C)C2CCOC2)n1. The van der Waals surface area contributed by atoms with E-state index in [1.165, 1.54) is 0 Å². The van der Waals surface area contributed by atoms with E-state index in [1.54, 1.807) is 0 Å². The maximum atomic E-state index is 5.41. The molecule has 1 aliphatic rings. The van der Waals surface area contributed by atoms with Gasteiger partial charge in [0.15, 0.2) is 0 Å². The molecule has 2 rings (SSSR count). The number of likely N-dealkylation sites (N-methyl/N-ethyl adjacent to an activating group) is 1. The molecule has 5 nitrogen and oxygen atoms in total. The van der Waals surface area contributed by atoms with Crippen molar-refractivity contribution in [2.24, 2.45) is 0 Å². The average molecular weight is 250 g/mol. The fraction of sp³-hybridized carbons (Fsp3) is 0.692. The Morgan fingerprint density at radius 1 is 1.50 bits per heavy atom. The minimum absolute atomic E-state index is 0.424. The summed E-state index contributed by atoms with van der Waals surface area (Å²) in [6.07, 6.45) is 4.70. The number of ether oxygens (including phenoxy) is 1. The molecule has 2 heterocycles. The normalized spacial score (nSPS) is 19.4. The van der Waals surface area contributed by atoms with Gasteiger partial charge in [0.05, 0.1) is 24.5 Å². The Balaban J connectivity index is 2.01. The molecule has 0 saturated carbocycles. The fourth-order valence-corrected chi connectivity index (χ4v) is 1.97. The summed E-state index contributed by atoms with van der Waals surface area (Å²) in [6, 6.07) is 0.879. The molecule has 18 heavy (non-hydrogen) atoms. The minimum Gasteiger partial charge on any atom is -0.379 e. The number of hydrogen-bond donors (Lipinski definition) is 1. The molecule has 0 radical (unpaired) electrons. The van der Waals surface area contributed by atoms with Gasteiger partial charge in [0.1, 0.15) is 5.82 Å². The van der Waals surface area contributed by atoms with Gasteiger partial charge >= 0.3 is 0 Å². The lowest BCUT2D eigenvalue weighted by Crippen LogP contribution is -2.33. The Morgan fingerprint density at radius 3 is 3.00 bits per heavy atom. The average Bonchev–Trinajstić information content (AvgIpc) is 2.89. The van der Waals surface area contributed by atoms with Crippen molar-refractivity contribution in [3.63, 3.8) is 0 Å². The number of aromatic nitrogens is 2. The van der Waals surface area contributed by atoms with Crippen LogP contribution in [0, 0.1) is 0 Å². The van der Waals surface area contributed by atoms with Gasteiger partial charge < -0.3 is 15.0 Å². The maximum Gasteiger partial charge on any atom is 0.147 e. The van der Waals surface area contributed by atoms with Crippen molar-refractivity contribution in [1.29, 1.82) is 0 Å². The van der Waals surface area contributed by atoms with E-state index >= 15 is 0 Å². The third-order valence-electron chi connectivity index (χ3n) is 3.18. The number of hydrogen-bond acceptors (Lipinski definition) is 5. The van der Waals surface area contributed by atoms with Crippen LogP contribution >= 0.6 is 0 Å². The van der Waals surface area contributed by atoms with Gasteiger partial charge in [-0.25, -0.2) is 4.98 Å². The number of anilines is 1. The van der Waals surface area contributed by atoms with Gasteiger partial charge in [-0.05, 0) is 6.42 Å². The van der Waals surface area contributed by atoms with Crippen molar-refractivity contribution in [3.8, 4) is 0 Å². The number of nitrogens with one attached hydrogen (secondary N) is 1. The van der Waals surface area contributed by atoms with E-state index in [2.05, 4.69) is 41.1 Å². The summed E-state index contributed by atoms with van der Waals surface area (Å²) in [5.41, 5.74) is 0.979. The number of nitrogens with zero attached hydrogens (tertiary/aromatic N) is 3. The Labute approximate surface area is 109 Å². The molecule has 1 atom stereocenters. The largest absolute Gasteiger partial charge is 0.379 e. The molecule has 5 heteroatoms. The molecule has 1 aliphatic heterocycles. The summed E-state index contributed by atoms with van der Waals surface area (Å²) < 4.78 is 5.41. The van der Waals surface area contributed by atoms with Crippen LogP contribution in [0.5, 0.6) is 0 Å². The zero-order valence-electron chi connectivity index (χ0n) is 11.4. The zero-order valence-corrected chi connectivity index (χ0v) is 11.4. The van der Waals surface area contributed by atoms with E-state index in [-0.39, 0.29) is 0 Å². The van der Waals surface area contributed by atoms with Crippen LogP contribution in [0.4, 0.5) is 5.82 Å². The van der Waals surface area contributed by atoms with Crippen LogP contribution in [0.2, 0.25) is 0 Å². The van der Waals surface area contributed by atoms with Crippen molar-refractivity contribution >= 4 is 5.82 Å². The van der Waals surface area contributed by atoms with Crippen LogP contribution in [-0.2, 0) is 11.3 Å². The van der Waals surface area contributed by atoms with Gasteiger partial charge in [-0.3, -0.25) is 4.98 Å². The molecule has 0 aromatic carbocycles. The third kappa shape index (κ3) is 3.40. The van der Waals surface area contributed by atoms with Crippen molar-refractivity contribution in [1.82, 2.24) is 15.3 Å². The number of rotatable bonds is 5. The second kappa shape index (κ2) is 6.11. The summed E-state index contributed by atoms with van der Waals surface area (Å²) in [4.78, 5) is 11.1. The molecule has 0 aliphatic carbocycles. The molecule has 1 aromatic heterocycles. The van der Waals surface area contributed by atoms with Crippen LogP contribution in [0.1, 0.15) is 26.0 Å². The van der Waals surface area contributed by atoms with E-state index in [9.17, 15) is 0 Å². The van der Waals surface area contributed by atoms with Gasteiger partial charge in [-0.15, -0.1) is 0 Å². The molecule has 1 N–H and O–H groups in total. The van der Waals surface area contributed by atoms with Gasteiger partial charge in [-0.1, -0.05) is 13.8 Å². The Morgan fingerprint density at radius 2 is 2.33 bits per heavy atom. The summed E-state index contributed by atoms with van der Waals surface area (Å²) in [7, 11) is 2.06. The summed E-state index contributed by atoms with van der Waals surface area (Å²) in [5.74, 6) is 0.925. The molecular formula is C13H22N4O. The first-order valence-corrected chi connectivity index (χ1v) is 6.51. The maximum absolute atomic E-state index is 5.41. The van der Waals surface area contributed by atoms with Crippen molar-refractivity contribution in [2.75, 3.05) is 25.2 Å². The van der Waals surface area contributed by atoms with Crippen molar-refractivity contribution < 1.29 is 4.74 Å². The van der Waals surface area contributed by atoms with Crippen LogP contribution in [0.25, 0.3) is 0 Å². The van der Waals surface area contributed by atoms with Gasteiger partial charge in [0, 0.05) is 32.4 Å². The molecule has 0 amide bonds. The smallest absolute Gasteiger partial charge is 0.147 e. The van der Waals surface area contributed by atoms with E-state index in [1.807, 2.05) is 12.4 Å². The second-order valence-electron chi connectivity index (χ2n) is 5.03. The predicted octanol–water partition coefficient (Wildman–Crippen LogP) is 1.20. The molecule has 1 fully saturated rings. The van der Waals surface area contributed by atoms with Crippen molar-refractivity contribution in [3.05, 3.63) is 18.1 Å². The molecular weight excluding hydrogens is 228 g/mol. The van der Waals surface area contributed by atoms with E-state index in [0.29, 0.717) is 12.1 Å². The topological polar surface area (TPSA) is 50.3 Å². The summed E-state index contributed by atoms with van der Waals surface area (Å²) in [6.45, 7) is 6.63. The highest BCUT2D eigenvalue weighted by Crippen LogP contribution is 2.17. The first-order valence-electron chi connectivity index (χ1n) is 6.51. The highest BCUT2D eigenvalue weighted by atomic mass is 16.5. The molecule has 0 bridgehead atoms. The zero-order chi connectivity index (χ0) is 13.0. The van der Waals surface area contributed by atoms with Gasteiger partial charge in [0.25, 0.3) is 0 Å². The lowest BCUT2D eigenvalue weighted by molar-refractivity contribution is 0.193. The van der Waals surface area contributed by atoms with Crippen LogP contribution in [0.15, 0.2) is 12.4 Å². The van der Waals surface area contributed by atoms with Crippen molar-refractivity contribution in [2.45, 2.75) is 38.9 Å². The molecule has 1 unspecified atom stereocenters. The molecule has 1 aromatic rings. The lowest BCUT2D eigenvalue weighted by atomic mass is 10.2. The third-order valence-corrected chi connectivity index (χ3v) is 3.18. The highest BCUT2D eigenvalue weighted by Gasteiger charge is 2.21. The quantitative estimate of drug-likeness (QED) is 0.851. The first kappa shape index (κ1) is 13.2. The van der Waals surface area contributed by atoms with Crippen LogP contribution in [-0.4, -0.2) is 42.3 Å². The standard InChI is InChI=1S/C13H22N4O/c1-10(2)15-7-11-6-14-8-13(16-11)17(3)12-4-5-18-9-12/h6,8,10,12,15H,4-5,7,9H2,1-3H3. The fourth-order valence-electron chi connectivity index (χ4n) is 1.97. The first-order chi connectivity index (χ1) is 8.66. The molecule has 100 valence electrons. The summed E-state index contributed by atoms with van der Waals surface area (Å²) >= 11 is 0. The Bertz CT molecular complexity index is 377. The van der Waals surface area contributed by atoms with Gasteiger partial charge in [0.2, 0.25) is 0 Å². The second-order valence-corrected chi connectivity index (χ2v) is 5.03. The van der Waals surface area contributed by atoms with E-state index in [0.717, 1.165) is 37.7 Å². The summed E-state index contributed by atoms with van der Waals surface area (Å²) in [5, 5.41) is 3.35. The van der Waals surface area contributed by atoms with E-state index in [4.69, 9.17) is 4.74 Å². The molecule has 1 saturated heterocycles. The highest BCUT2D eigenvalue weighted by molar-refractivity contribution is 5.37. The van der Waals surface area contributed by atoms with Crippen LogP contribution in [0.3, 0.4) is 0 Å². The monoisotopic (exact) mass is 250 g/mol. The molecule has 0 spiro atoms. The Kier molecular flexibility index (Phi) is 4.49. The van der Waals surface area contributed by atoms with E-state index < -0.39 is 0 Å². The predicted molar refractivity (Wildman–Crippen MR) is 71.6 cm³/mol. The van der Waals surface area contributed by atoms with Gasteiger partial charge in [-0.2, -0.15) is 0 Å². The minimum atomic E-state index is 0.424.